The van der Waals surface area contributed by atoms with Crippen LogP contribution in [0, 0.1) is 5.82 Å². The largest absolute Gasteiger partial charge is 0.465 e. The Morgan fingerprint density at radius 2 is 1.91 bits per heavy atom. The third kappa shape index (κ3) is 2.55. The highest BCUT2D eigenvalue weighted by atomic mass is 19.1. The summed E-state index contributed by atoms with van der Waals surface area (Å²) in [5, 5.41) is 8.76. The summed E-state index contributed by atoms with van der Waals surface area (Å²) >= 11 is 0. The first-order chi connectivity index (χ1) is 5.18. The molecular formula is C8H9FO2. The standard InChI is InChI=1S/C8H9FO2/c1-6(10)11-8-4-2-7(9)3-5-8/h2-6,10H,1H3/t6-/m1/s1. The quantitative estimate of drug-likeness (QED) is 0.658. The van der Waals surface area contributed by atoms with Crippen LogP contribution in [-0.4, -0.2) is 11.4 Å². The van der Waals surface area contributed by atoms with Crippen LogP contribution in [0.25, 0.3) is 0 Å². The van der Waals surface area contributed by atoms with E-state index in [0.29, 0.717) is 5.75 Å². The third-order valence-electron chi connectivity index (χ3n) is 1.12. The highest BCUT2D eigenvalue weighted by molar-refractivity contribution is 5.21. The normalized spacial score (nSPS) is 12.6. The second kappa shape index (κ2) is 3.34. The van der Waals surface area contributed by atoms with Crippen LogP contribution < -0.4 is 4.74 Å². The number of ether oxygens (including phenoxy) is 1. The smallest absolute Gasteiger partial charge is 0.194 e. The van der Waals surface area contributed by atoms with Crippen molar-refractivity contribution in [3.63, 3.8) is 0 Å². The summed E-state index contributed by atoms with van der Waals surface area (Å²) in [7, 11) is 0. The van der Waals surface area contributed by atoms with Crippen molar-refractivity contribution in [2.75, 3.05) is 0 Å². The molecule has 1 N–H and O–H groups in total. The van der Waals surface area contributed by atoms with E-state index in [4.69, 9.17) is 9.84 Å². The maximum atomic E-state index is 12.3. The number of rotatable bonds is 2. The minimum atomic E-state index is -0.861. The summed E-state index contributed by atoms with van der Waals surface area (Å²) in [5.74, 6) is 0.143. The predicted octanol–water partition coefficient (Wildman–Crippen LogP) is 1.54. The summed E-state index contributed by atoms with van der Waals surface area (Å²) in [4.78, 5) is 0. The van der Waals surface area contributed by atoms with Gasteiger partial charge in [0, 0.05) is 0 Å². The molecule has 0 saturated heterocycles. The Morgan fingerprint density at radius 3 is 2.36 bits per heavy atom. The first-order valence-corrected chi connectivity index (χ1v) is 3.29. The maximum absolute atomic E-state index is 12.3. The molecule has 0 fully saturated rings. The molecule has 0 unspecified atom stereocenters. The number of aliphatic hydroxyl groups is 1. The Balaban J connectivity index is 2.66. The van der Waals surface area contributed by atoms with Gasteiger partial charge in [-0.2, -0.15) is 0 Å². The van der Waals surface area contributed by atoms with Gasteiger partial charge in [0.1, 0.15) is 11.6 Å². The van der Waals surface area contributed by atoms with Crippen molar-refractivity contribution >= 4 is 0 Å². The van der Waals surface area contributed by atoms with Crippen LogP contribution in [0.4, 0.5) is 4.39 Å². The summed E-state index contributed by atoms with van der Waals surface area (Å²) in [6.07, 6.45) is -0.861. The second-order valence-corrected chi connectivity index (χ2v) is 2.17. The van der Waals surface area contributed by atoms with Crippen molar-refractivity contribution in [2.45, 2.75) is 13.2 Å². The van der Waals surface area contributed by atoms with Crippen LogP contribution in [-0.2, 0) is 0 Å². The lowest BCUT2D eigenvalue weighted by Gasteiger charge is -2.07. The van der Waals surface area contributed by atoms with Crippen molar-refractivity contribution in [1.82, 2.24) is 0 Å². The molecule has 0 aliphatic carbocycles. The van der Waals surface area contributed by atoms with Crippen molar-refractivity contribution in [3.05, 3.63) is 30.1 Å². The molecule has 0 aromatic heterocycles. The zero-order valence-electron chi connectivity index (χ0n) is 6.12. The van der Waals surface area contributed by atoms with Crippen LogP contribution in [0.2, 0.25) is 0 Å². The molecule has 0 bridgehead atoms. The van der Waals surface area contributed by atoms with E-state index in [0.717, 1.165) is 0 Å². The SMILES string of the molecule is C[C@H](O)Oc1ccc(F)cc1. The summed E-state index contributed by atoms with van der Waals surface area (Å²) in [6, 6.07) is 5.47. The van der Waals surface area contributed by atoms with Gasteiger partial charge in [0.05, 0.1) is 0 Å². The topological polar surface area (TPSA) is 29.5 Å². The zero-order chi connectivity index (χ0) is 8.27. The lowest BCUT2D eigenvalue weighted by Crippen LogP contribution is -2.09. The molecule has 1 rings (SSSR count). The first kappa shape index (κ1) is 8.01. The monoisotopic (exact) mass is 156 g/mol. The number of hydrogen-bond acceptors (Lipinski definition) is 2. The Bertz CT molecular complexity index is 218. The Kier molecular flexibility index (Phi) is 2.44. The number of aliphatic hydroxyl groups excluding tert-OH is 1. The van der Waals surface area contributed by atoms with Crippen molar-refractivity contribution in [2.24, 2.45) is 0 Å². The molecule has 1 aromatic carbocycles. The molecule has 3 heteroatoms. The van der Waals surface area contributed by atoms with Gasteiger partial charge in [-0.1, -0.05) is 0 Å². The van der Waals surface area contributed by atoms with E-state index >= 15 is 0 Å². The van der Waals surface area contributed by atoms with E-state index in [1.54, 1.807) is 0 Å². The van der Waals surface area contributed by atoms with Gasteiger partial charge in [-0.15, -0.1) is 0 Å². The number of benzene rings is 1. The molecule has 0 amide bonds. The Hall–Kier alpha value is -1.09. The van der Waals surface area contributed by atoms with Gasteiger partial charge >= 0.3 is 0 Å². The molecule has 0 spiro atoms. The maximum Gasteiger partial charge on any atom is 0.194 e. The van der Waals surface area contributed by atoms with E-state index < -0.39 is 6.29 Å². The molecule has 1 atom stereocenters. The molecule has 0 saturated carbocycles. The fourth-order valence-electron chi connectivity index (χ4n) is 0.710. The molecule has 0 radical (unpaired) electrons. The van der Waals surface area contributed by atoms with Gasteiger partial charge in [0.15, 0.2) is 6.29 Å². The van der Waals surface area contributed by atoms with Crippen LogP contribution in [0.3, 0.4) is 0 Å². The summed E-state index contributed by atoms with van der Waals surface area (Å²) in [6.45, 7) is 1.49. The Labute approximate surface area is 64.2 Å². The number of halogens is 1. The third-order valence-corrected chi connectivity index (χ3v) is 1.12. The van der Waals surface area contributed by atoms with Crippen LogP contribution in [0.1, 0.15) is 6.92 Å². The van der Waals surface area contributed by atoms with Gasteiger partial charge < -0.3 is 9.84 Å². The fraction of sp³-hybridized carbons (Fsp3) is 0.250. The van der Waals surface area contributed by atoms with Gasteiger partial charge in [0.25, 0.3) is 0 Å². The average molecular weight is 156 g/mol. The van der Waals surface area contributed by atoms with Crippen LogP contribution in [0.5, 0.6) is 5.75 Å². The van der Waals surface area contributed by atoms with Crippen molar-refractivity contribution in [1.29, 1.82) is 0 Å². The van der Waals surface area contributed by atoms with Gasteiger partial charge in [0.2, 0.25) is 0 Å². The van der Waals surface area contributed by atoms with E-state index in [1.165, 1.54) is 31.2 Å². The molecule has 11 heavy (non-hydrogen) atoms. The number of hydrogen-bond donors (Lipinski definition) is 1. The minimum absolute atomic E-state index is 0.317. The van der Waals surface area contributed by atoms with Crippen LogP contribution in [0.15, 0.2) is 24.3 Å². The van der Waals surface area contributed by atoms with E-state index in [-0.39, 0.29) is 5.82 Å². The average Bonchev–Trinajstić information content (AvgIpc) is 1.93. The highest BCUT2D eigenvalue weighted by Gasteiger charge is 1.97. The fourth-order valence-corrected chi connectivity index (χ4v) is 0.710. The van der Waals surface area contributed by atoms with E-state index in [9.17, 15) is 4.39 Å². The van der Waals surface area contributed by atoms with Crippen molar-refractivity contribution < 1.29 is 14.2 Å². The summed E-state index contributed by atoms with van der Waals surface area (Å²) < 4.78 is 17.2. The lowest BCUT2D eigenvalue weighted by molar-refractivity contribution is -0.000345. The zero-order valence-corrected chi connectivity index (χ0v) is 6.12. The van der Waals surface area contributed by atoms with Gasteiger partial charge in [-0.3, -0.25) is 0 Å². The van der Waals surface area contributed by atoms with Gasteiger partial charge in [-0.25, -0.2) is 4.39 Å². The van der Waals surface area contributed by atoms with Gasteiger partial charge in [-0.05, 0) is 31.2 Å². The lowest BCUT2D eigenvalue weighted by atomic mass is 10.3. The molecule has 0 aliphatic rings. The second-order valence-electron chi connectivity index (χ2n) is 2.17. The van der Waals surface area contributed by atoms with Crippen LogP contribution >= 0.6 is 0 Å². The Morgan fingerprint density at radius 1 is 1.36 bits per heavy atom. The molecular weight excluding hydrogens is 147 g/mol. The molecule has 0 aliphatic heterocycles. The molecule has 0 heterocycles. The van der Waals surface area contributed by atoms with E-state index in [1.807, 2.05) is 0 Å². The van der Waals surface area contributed by atoms with Crippen molar-refractivity contribution in [3.8, 4) is 5.75 Å². The first-order valence-electron chi connectivity index (χ1n) is 3.29. The molecule has 1 aromatic rings. The molecule has 2 nitrogen and oxygen atoms in total. The minimum Gasteiger partial charge on any atom is -0.465 e. The summed E-state index contributed by atoms with van der Waals surface area (Å²) in [5.41, 5.74) is 0. The highest BCUT2D eigenvalue weighted by Crippen LogP contribution is 2.11. The van der Waals surface area contributed by atoms with E-state index in [2.05, 4.69) is 0 Å². The predicted molar refractivity (Wildman–Crippen MR) is 38.7 cm³/mol. The molecule has 60 valence electrons.